The first kappa shape index (κ1) is 17.2. The van der Waals surface area contributed by atoms with Crippen LogP contribution >= 0.6 is 0 Å². The lowest BCUT2D eigenvalue weighted by atomic mass is 10.1. The molecule has 1 aromatic carbocycles. The second-order valence-corrected chi connectivity index (χ2v) is 7.80. The molecule has 2 aromatic heterocycles. The molecule has 0 radical (unpaired) electrons. The molecule has 5 rings (SSSR count). The lowest BCUT2D eigenvalue weighted by Crippen LogP contribution is -2.36. The Balaban J connectivity index is 1.67. The molecule has 28 heavy (non-hydrogen) atoms. The zero-order valence-corrected chi connectivity index (χ0v) is 15.9. The minimum Gasteiger partial charge on any atom is -0.353 e. The summed E-state index contributed by atoms with van der Waals surface area (Å²) in [6, 6.07) is 9.81. The Morgan fingerprint density at radius 1 is 0.821 bits per heavy atom. The van der Waals surface area contributed by atoms with Gasteiger partial charge < -0.3 is 14.8 Å². The number of benzene rings is 1. The van der Waals surface area contributed by atoms with E-state index in [-0.39, 0.29) is 11.8 Å². The number of fused-ring (bicyclic) bond motifs is 3. The minimum absolute atomic E-state index is 0.0673. The van der Waals surface area contributed by atoms with Gasteiger partial charge >= 0.3 is 0 Å². The molecule has 4 heterocycles. The van der Waals surface area contributed by atoms with Crippen LogP contribution in [-0.4, -0.2) is 57.8 Å². The van der Waals surface area contributed by atoms with Crippen molar-refractivity contribution in [1.82, 2.24) is 19.8 Å². The number of rotatable bonds is 2. The third-order valence-electron chi connectivity index (χ3n) is 5.95. The van der Waals surface area contributed by atoms with Crippen molar-refractivity contribution in [1.29, 1.82) is 0 Å². The number of para-hydroxylation sites is 1. The van der Waals surface area contributed by atoms with Gasteiger partial charge in [0.15, 0.2) is 5.69 Å². The van der Waals surface area contributed by atoms with Gasteiger partial charge in [-0.15, -0.1) is 0 Å². The molecule has 0 aliphatic carbocycles. The van der Waals surface area contributed by atoms with E-state index in [9.17, 15) is 9.59 Å². The van der Waals surface area contributed by atoms with Gasteiger partial charge in [-0.1, -0.05) is 18.2 Å². The van der Waals surface area contributed by atoms with Gasteiger partial charge in [-0.25, -0.2) is 4.98 Å². The molecular formula is C22H24N4O2. The maximum Gasteiger partial charge on any atom is 0.274 e. The van der Waals surface area contributed by atoms with Gasteiger partial charge in [0.25, 0.3) is 11.8 Å². The van der Waals surface area contributed by atoms with Gasteiger partial charge in [-0.05, 0) is 44.2 Å². The Labute approximate surface area is 163 Å². The van der Waals surface area contributed by atoms with E-state index in [1.54, 1.807) is 0 Å². The lowest BCUT2D eigenvalue weighted by molar-refractivity contribution is 0.0718. The van der Waals surface area contributed by atoms with Crippen LogP contribution in [0.2, 0.25) is 0 Å². The SMILES string of the molecule is O=C(c1cc2c([nH]c3ccccc32)c(C(=O)N2CCCC2)n1)N1CCCCC1. The van der Waals surface area contributed by atoms with Crippen molar-refractivity contribution in [3.63, 3.8) is 0 Å². The Hall–Kier alpha value is -2.89. The van der Waals surface area contributed by atoms with Crippen molar-refractivity contribution in [2.24, 2.45) is 0 Å². The van der Waals surface area contributed by atoms with Crippen molar-refractivity contribution in [3.8, 4) is 0 Å². The van der Waals surface area contributed by atoms with Crippen LogP contribution in [0.5, 0.6) is 0 Å². The molecule has 2 amide bonds. The molecule has 0 unspecified atom stereocenters. The largest absolute Gasteiger partial charge is 0.353 e. The van der Waals surface area contributed by atoms with E-state index < -0.39 is 0 Å². The fourth-order valence-electron chi connectivity index (χ4n) is 4.44. The zero-order chi connectivity index (χ0) is 19.1. The third kappa shape index (κ3) is 2.84. The summed E-state index contributed by atoms with van der Waals surface area (Å²) in [5.74, 6) is -0.148. The highest BCUT2D eigenvalue weighted by Gasteiger charge is 2.27. The molecule has 0 bridgehead atoms. The van der Waals surface area contributed by atoms with E-state index in [1.165, 1.54) is 0 Å². The van der Waals surface area contributed by atoms with Crippen molar-refractivity contribution in [2.45, 2.75) is 32.1 Å². The summed E-state index contributed by atoms with van der Waals surface area (Å²) in [6.45, 7) is 3.04. The average molecular weight is 376 g/mol. The van der Waals surface area contributed by atoms with E-state index in [0.29, 0.717) is 11.4 Å². The Morgan fingerprint density at radius 3 is 2.21 bits per heavy atom. The molecule has 0 saturated carbocycles. The first-order chi connectivity index (χ1) is 13.7. The summed E-state index contributed by atoms with van der Waals surface area (Å²) in [6.07, 6.45) is 5.26. The molecule has 0 spiro atoms. The fourth-order valence-corrected chi connectivity index (χ4v) is 4.44. The molecule has 2 fully saturated rings. The smallest absolute Gasteiger partial charge is 0.274 e. The number of pyridine rings is 1. The highest BCUT2D eigenvalue weighted by Crippen LogP contribution is 2.29. The van der Waals surface area contributed by atoms with Gasteiger partial charge in [0.2, 0.25) is 0 Å². The second-order valence-electron chi connectivity index (χ2n) is 7.80. The van der Waals surface area contributed by atoms with Gasteiger partial charge in [0.1, 0.15) is 5.69 Å². The number of hydrogen-bond acceptors (Lipinski definition) is 3. The van der Waals surface area contributed by atoms with Crippen LogP contribution in [0.15, 0.2) is 30.3 Å². The maximum absolute atomic E-state index is 13.2. The minimum atomic E-state index is -0.0812. The first-order valence-corrected chi connectivity index (χ1v) is 10.2. The summed E-state index contributed by atoms with van der Waals surface area (Å²) >= 11 is 0. The molecule has 0 atom stereocenters. The zero-order valence-electron chi connectivity index (χ0n) is 15.9. The normalized spacial score (nSPS) is 17.6. The number of piperidine rings is 1. The summed E-state index contributed by atoms with van der Waals surface area (Å²) < 4.78 is 0. The van der Waals surface area contributed by atoms with Crippen molar-refractivity contribution in [3.05, 3.63) is 41.7 Å². The van der Waals surface area contributed by atoms with E-state index in [0.717, 1.165) is 80.1 Å². The number of hydrogen-bond donors (Lipinski definition) is 1. The number of carbonyl (C=O) groups is 2. The molecule has 2 saturated heterocycles. The predicted octanol–water partition coefficient (Wildman–Crippen LogP) is 3.58. The first-order valence-electron chi connectivity index (χ1n) is 10.2. The van der Waals surface area contributed by atoms with Crippen LogP contribution in [0.3, 0.4) is 0 Å². The predicted molar refractivity (Wildman–Crippen MR) is 108 cm³/mol. The van der Waals surface area contributed by atoms with E-state index >= 15 is 0 Å². The number of aromatic amines is 1. The summed E-state index contributed by atoms with van der Waals surface area (Å²) in [4.78, 5) is 38.0. The molecular weight excluding hydrogens is 352 g/mol. The van der Waals surface area contributed by atoms with Crippen LogP contribution in [-0.2, 0) is 0 Å². The Kier molecular flexibility index (Phi) is 4.26. The van der Waals surface area contributed by atoms with Gasteiger partial charge in [-0.2, -0.15) is 0 Å². The van der Waals surface area contributed by atoms with Crippen molar-refractivity contribution >= 4 is 33.6 Å². The van der Waals surface area contributed by atoms with Gasteiger partial charge in [0.05, 0.1) is 5.52 Å². The van der Waals surface area contributed by atoms with Crippen molar-refractivity contribution < 1.29 is 9.59 Å². The molecule has 144 valence electrons. The Bertz CT molecular complexity index is 1060. The number of H-pyrrole nitrogens is 1. The van der Waals surface area contributed by atoms with E-state index in [1.807, 2.05) is 40.1 Å². The molecule has 1 N–H and O–H groups in total. The number of carbonyl (C=O) groups excluding carboxylic acids is 2. The topological polar surface area (TPSA) is 69.3 Å². The highest BCUT2D eigenvalue weighted by atomic mass is 16.2. The second kappa shape index (κ2) is 6.93. The van der Waals surface area contributed by atoms with Crippen LogP contribution in [0.4, 0.5) is 0 Å². The fraction of sp³-hybridized carbons (Fsp3) is 0.409. The van der Waals surface area contributed by atoms with Crippen LogP contribution < -0.4 is 0 Å². The highest BCUT2D eigenvalue weighted by molar-refractivity contribution is 6.15. The maximum atomic E-state index is 13.2. The third-order valence-corrected chi connectivity index (χ3v) is 5.95. The number of aromatic nitrogens is 2. The average Bonchev–Trinajstić information content (AvgIpc) is 3.41. The van der Waals surface area contributed by atoms with Gasteiger partial charge in [-0.3, -0.25) is 9.59 Å². The van der Waals surface area contributed by atoms with Crippen LogP contribution in [0.25, 0.3) is 21.8 Å². The summed E-state index contributed by atoms with van der Waals surface area (Å²) in [5.41, 5.74) is 2.43. The number of nitrogens with zero attached hydrogens (tertiary/aromatic N) is 3. The number of nitrogens with one attached hydrogen (secondary N) is 1. The van der Waals surface area contributed by atoms with Crippen molar-refractivity contribution in [2.75, 3.05) is 26.2 Å². The van der Waals surface area contributed by atoms with E-state index in [4.69, 9.17) is 0 Å². The Morgan fingerprint density at radius 2 is 1.46 bits per heavy atom. The number of likely N-dealkylation sites (tertiary alicyclic amines) is 2. The summed E-state index contributed by atoms with van der Waals surface area (Å²) in [5, 5.41) is 1.91. The molecule has 2 aliphatic heterocycles. The standard InChI is InChI=1S/C22H24N4O2/c27-21(25-10-4-1-5-11-25)18-14-16-15-8-2-3-9-17(15)23-19(16)20(24-18)22(28)26-12-6-7-13-26/h2-3,8-9,14,23H,1,4-7,10-13H2. The molecule has 3 aromatic rings. The molecule has 6 nitrogen and oxygen atoms in total. The van der Waals surface area contributed by atoms with Crippen LogP contribution in [0.1, 0.15) is 53.1 Å². The molecule has 6 heteroatoms. The van der Waals surface area contributed by atoms with Gasteiger partial charge in [0, 0.05) is 42.5 Å². The lowest BCUT2D eigenvalue weighted by Gasteiger charge is -2.26. The quantitative estimate of drug-likeness (QED) is 0.743. The summed E-state index contributed by atoms with van der Waals surface area (Å²) in [7, 11) is 0. The monoisotopic (exact) mass is 376 g/mol. The molecule has 2 aliphatic rings. The van der Waals surface area contributed by atoms with Crippen LogP contribution in [0, 0.1) is 0 Å². The number of amides is 2. The van der Waals surface area contributed by atoms with E-state index in [2.05, 4.69) is 9.97 Å².